The number of aromatic carboxylic acids is 1. The van der Waals surface area contributed by atoms with E-state index in [0.717, 1.165) is 24.2 Å². The average molecular weight is 368 g/mol. The van der Waals surface area contributed by atoms with Gasteiger partial charge < -0.3 is 14.7 Å². The van der Waals surface area contributed by atoms with Gasteiger partial charge in [0.05, 0.1) is 12.2 Å². The Morgan fingerprint density at radius 3 is 2.52 bits per heavy atom. The predicted molar refractivity (Wildman–Crippen MR) is 103 cm³/mol. The van der Waals surface area contributed by atoms with Crippen molar-refractivity contribution in [3.8, 4) is 11.1 Å². The molecule has 0 radical (unpaired) electrons. The first kappa shape index (κ1) is 19.1. The summed E-state index contributed by atoms with van der Waals surface area (Å²) in [4.78, 5) is 27.3. The van der Waals surface area contributed by atoms with Crippen molar-refractivity contribution in [2.45, 2.75) is 12.6 Å². The molecule has 6 heteroatoms. The molecule has 142 valence electrons. The minimum atomic E-state index is -0.931. The van der Waals surface area contributed by atoms with E-state index < -0.39 is 12.1 Å². The molecule has 1 atom stereocenters. The molecule has 0 aromatic heterocycles. The van der Waals surface area contributed by atoms with Gasteiger partial charge in [0.1, 0.15) is 6.10 Å². The Balaban J connectivity index is 1.70. The summed E-state index contributed by atoms with van der Waals surface area (Å²) < 4.78 is 5.59. The molecule has 1 amide bonds. The van der Waals surface area contributed by atoms with E-state index in [-0.39, 0.29) is 5.91 Å². The first-order valence-electron chi connectivity index (χ1n) is 8.92. The maximum atomic E-state index is 12.1. The quantitative estimate of drug-likeness (QED) is 0.877. The molecule has 6 nitrogen and oxygen atoms in total. The van der Waals surface area contributed by atoms with Gasteiger partial charge in [0.25, 0.3) is 5.91 Å². The molecule has 1 fully saturated rings. The lowest BCUT2D eigenvalue weighted by molar-refractivity contribution is -0.147. The van der Waals surface area contributed by atoms with Crippen LogP contribution in [-0.4, -0.2) is 66.7 Å². The van der Waals surface area contributed by atoms with Crippen LogP contribution in [0.1, 0.15) is 15.9 Å². The third-order valence-corrected chi connectivity index (χ3v) is 4.70. The van der Waals surface area contributed by atoms with E-state index in [2.05, 4.69) is 4.90 Å². The van der Waals surface area contributed by atoms with Crippen molar-refractivity contribution in [2.24, 2.45) is 0 Å². The van der Waals surface area contributed by atoms with Crippen LogP contribution in [0.4, 0.5) is 0 Å². The standard InChI is InChI=1S/C21H24N2O4/c1-22(2)20(24)19-14-23(11-12-27-19)13-15-7-9-16(10-8-15)17-5-3-4-6-18(17)21(25)26/h3-10,19H,11-14H2,1-2H3,(H,25,26). The number of likely N-dealkylation sites (N-methyl/N-ethyl adjacent to an activating group) is 1. The summed E-state index contributed by atoms with van der Waals surface area (Å²) in [6, 6.07) is 14.9. The molecule has 1 aliphatic rings. The van der Waals surface area contributed by atoms with Crippen molar-refractivity contribution in [3.63, 3.8) is 0 Å². The zero-order valence-corrected chi connectivity index (χ0v) is 15.6. The molecular weight excluding hydrogens is 344 g/mol. The molecule has 0 saturated carbocycles. The van der Waals surface area contributed by atoms with Crippen molar-refractivity contribution in [1.29, 1.82) is 0 Å². The highest BCUT2D eigenvalue weighted by molar-refractivity contribution is 5.96. The Kier molecular flexibility index (Phi) is 5.88. The lowest BCUT2D eigenvalue weighted by Crippen LogP contribution is -2.49. The van der Waals surface area contributed by atoms with Crippen LogP contribution < -0.4 is 0 Å². The summed E-state index contributed by atoms with van der Waals surface area (Å²) in [5, 5.41) is 9.36. The van der Waals surface area contributed by atoms with Crippen LogP contribution in [0.3, 0.4) is 0 Å². The van der Waals surface area contributed by atoms with E-state index in [1.807, 2.05) is 36.4 Å². The van der Waals surface area contributed by atoms with E-state index >= 15 is 0 Å². The normalized spacial score (nSPS) is 17.5. The molecule has 1 saturated heterocycles. The van der Waals surface area contributed by atoms with Gasteiger partial charge in [-0.25, -0.2) is 4.79 Å². The second-order valence-corrected chi connectivity index (χ2v) is 6.87. The predicted octanol–water partition coefficient (Wildman–Crippen LogP) is 2.34. The van der Waals surface area contributed by atoms with E-state index in [0.29, 0.717) is 24.3 Å². The summed E-state index contributed by atoms with van der Waals surface area (Å²) in [6.45, 7) is 2.61. The highest BCUT2D eigenvalue weighted by atomic mass is 16.5. The number of hydrogen-bond donors (Lipinski definition) is 1. The monoisotopic (exact) mass is 368 g/mol. The first-order chi connectivity index (χ1) is 13.0. The van der Waals surface area contributed by atoms with Crippen molar-refractivity contribution in [3.05, 3.63) is 59.7 Å². The largest absolute Gasteiger partial charge is 0.478 e. The molecule has 1 aliphatic heterocycles. The minimum Gasteiger partial charge on any atom is -0.478 e. The smallest absolute Gasteiger partial charge is 0.336 e. The molecule has 2 aromatic rings. The Labute approximate surface area is 159 Å². The third-order valence-electron chi connectivity index (χ3n) is 4.70. The summed E-state index contributed by atoms with van der Waals surface area (Å²) >= 11 is 0. The Morgan fingerprint density at radius 1 is 1.15 bits per heavy atom. The Morgan fingerprint density at radius 2 is 1.85 bits per heavy atom. The van der Waals surface area contributed by atoms with E-state index in [4.69, 9.17) is 4.74 Å². The highest BCUT2D eigenvalue weighted by Gasteiger charge is 2.27. The molecular formula is C21H24N2O4. The number of hydrogen-bond acceptors (Lipinski definition) is 4. The SMILES string of the molecule is CN(C)C(=O)C1CN(Cc2ccc(-c3ccccc3C(=O)O)cc2)CCO1. The number of amides is 1. The topological polar surface area (TPSA) is 70.1 Å². The lowest BCUT2D eigenvalue weighted by atomic mass is 9.98. The molecule has 2 aromatic carbocycles. The molecule has 27 heavy (non-hydrogen) atoms. The number of carboxylic acid groups (broad SMARTS) is 1. The number of nitrogens with zero attached hydrogens (tertiary/aromatic N) is 2. The van der Waals surface area contributed by atoms with Gasteiger partial charge in [0.15, 0.2) is 0 Å². The number of carboxylic acids is 1. The van der Waals surface area contributed by atoms with Gasteiger partial charge in [-0.3, -0.25) is 9.69 Å². The van der Waals surface area contributed by atoms with Gasteiger partial charge in [-0.1, -0.05) is 42.5 Å². The summed E-state index contributed by atoms with van der Waals surface area (Å²) in [6.07, 6.45) is -0.421. The van der Waals surface area contributed by atoms with Crippen molar-refractivity contribution in [1.82, 2.24) is 9.80 Å². The van der Waals surface area contributed by atoms with E-state index in [1.165, 1.54) is 0 Å². The van der Waals surface area contributed by atoms with Crippen molar-refractivity contribution >= 4 is 11.9 Å². The number of carbonyl (C=O) groups excluding carboxylic acids is 1. The van der Waals surface area contributed by atoms with E-state index in [9.17, 15) is 14.7 Å². The van der Waals surface area contributed by atoms with Gasteiger partial charge in [-0.15, -0.1) is 0 Å². The molecule has 1 N–H and O–H groups in total. The number of ether oxygens (including phenoxy) is 1. The lowest BCUT2D eigenvalue weighted by Gasteiger charge is -2.33. The van der Waals surface area contributed by atoms with Crippen LogP contribution in [0, 0.1) is 0 Å². The third kappa shape index (κ3) is 4.53. The Bertz CT molecular complexity index is 817. The van der Waals surface area contributed by atoms with Crippen molar-refractivity contribution < 1.29 is 19.4 Å². The van der Waals surface area contributed by atoms with Crippen LogP contribution in [0.2, 0.25) is 0 Å². The van der Waals surface area contributed by atoms with Gasteiger partial charge in [-0.2, -0.15) is 0 Å². The van der Waals surface area contributed by atoms with Crippen molar-refractivity contribution in [2.75, 3.05) is 33.8 Å². The second kappa shape index (κ2) is 8.33. The molecule has 0 bridgehead atoms. The summed E-state index contributed by atoms with van der Waals surface area (Å²) in [5.41, 5.74) is 2.99. The van der Waals surface area contributed by atoms with Gasteiger partial charge >= 0.3 is 5.97 Å². The average Bonchev–Trinajstić information content (AvgIpc) is 2.68. The molecule has 1 heterocycles. The van der Waals surface area contributed by atoms with E-state index in [1.54, 1.807) is 31.1 Å². The van der Waals surface area contributed by atoms with Gasteiger partial charge in [0, 0.05) is 33.7 Å². The maximum Gasteiger partial charge on any atom is 0.336 e. The molecule has 0 aliphatic carbocycles. The fourth-order valence-corrected chi connectivity index (χ4v) is 3.25. The van der Waals surface area contributed by atoms with Crippen LogP contribution in [0.5, 0.6) is 0 Å². The fourth-order valence-electron chi connectivity index (χ4n) is 3.25. The minimum absolute atomic E-state index is 0.0136. The van der Waals surface area contributed by atoms with Crippen LogP contribution in [0.25, 0.3) is 11.1 Å². The summed E-state index contributed by atoms with van der Waals surface area (Å²) in [5.74, 6) is -0.945. The molecule has 1 unspecified atom stereocenters. The number of carbonyl (C=O) groups is 2. The fraction of sp³-hybridized carbons (Fsp3) is 0.333. The second-order valence-electron chi connectivity index (χ2n) is 6.87. The Hall–Kier alpha value is -2.70. The highest BCUT2D eigenvalue weighted by Crippen LogP contribution is 2.24. The number of benzene rings is 2. The zero-order chi connectivity index (χ0) is 19.4. The van der Waals surface area contributed by atoms with Gasteiger partial charge in [-0.05, 0) is 22.8 Å². The summed E-state index contributed by atoms with van der Waals surface area (Å²) in [7, 11) is 3.47. The zero-order valence-electron chi connectivity index (χ0n) is 15.6. The van der Waals surface area contributed by atoms with Crippen LogP contribution in [0.15, 0.2) is 48.5 Å². The maximum absolute atomic E-state index is 12.1. The van der Waals surface area contributed by atoms with Gasteiger partial charge in [0.2, 0.25) is 0 Å². The van der Waals surface area contributed by atoms with Crippen LogP contribution >= 0.6 is 0 Å². The van der Waals surface area contributed by atoms with Crippen LogP contribution in [-0.2, 0) is 16.1 Å². The molecule has 3 rings (SSSR count). The first-order valence-corrected chi connectivity index (χ1v) is 8.92. The molecule has 0 spiro atoms. The number of morpholine rings is 1. The number of rotatable bonds is 5.